The summed E-state index contributed by atoms with van der Waals surface area (Å²) >= 11 is 9.37. The standard InChI is InChI=1S/C19H22ClN5S2/c1-4-5-10-26-19-24-23-17(25(19)16-8-6-15(20)7-9-16)12-27-18-21-13(2)11-14(3)22-18/h6-9,11H,4-5,10,12H2,1-3H3. The second-order valence-electron chi connectivity index (χ2n) is 6.13. The van der Waals surface area contributed by atoms with Crippen molar-refractivity contribution in [2.45, 2.75) is 49.7 Å². The maximum atomic E-state index is 6.06. The molecule has 0 unspecified atom stereocenters. The zero-order valence-electron chi connectivity index (χ0n) is 15.6. The van der Waals surface area contributed by atoms with Gasteiger partial charge in [0.15, 0.2) is 10.3 Å². The number of hydrogen-bond acceptors (Lipinski definition) is 6. The summed E-state index contributed by atoms with van der Waals surface area (Å²) in [5, 5.41) is 11.2. The molecule has 0 amide bonds. The minimum Gasteiger partial charge on any atom is -0.273 e. The van der Waals surface area contributed by atoms with Gasteiger partial charge in [-0.3, -0.25) is 4.57 Å². The summed E-state index contributed by atoms with van der Waals surface area (Å²) in [6.07, 6.45) is 2.31. The molecule has 142 valence electrons. The van der Waals surface area contributed by atoms with E-state index in [-0.39, 0.29) is 0 Å². The molecule has 0 aliphatic heterocycles. The fourth-order valence-corrected chi connectivity index (χ4v) is 4.57. The van der Waals surface area contributed by atoms with Crippen molar-refractivity contribution in [3.63, 3.8) is 0 Å². The average Bonchev–Trinajstić information content (AvgIpc) is 3.03. The molecule has 5 nitrogen and oxygen atoms in total. The van der Waals surface area contributed by atoms with Crippen LogP contribution in [0.3, 0.4) is 0 Å². The van der Waals surface area contributed by atoms with E-state index in [0.29, 0.717) is 10.8 Å². The third kappa shape index (κ3) is 5.46. The second-order valence-corrected chi connectivity index (χ2v) is 8.58. The van der Waals surface area contributed by atoms with Crippen molar-refractivity contribution >= 4 is 35.1 Å². The molecule has 3 rings (SSSR count). The average molecular weight is 420 g/mol. The van der Waals surface area contributed by atoms with E-state index in [9.17, 15) is 0 Å². The number of thioether (sulfide) groups is 2. The van der Waals surface area contributed by atoms with Crippen molar-refractivity contribution in [3.8, 4) is 5.69 Å². The summed E-state index contributed by atoms with van der Waals surface area (Å²) in [5.41, 5.74) is 2.96. The van der Waals surface area contributed by atoms with E-state index in [2.05, 4.69) is 31.7 Å². The number of nitrogens with zero attached hydrogens (tertiary/aromatic N) is 5. The molecule has 0 N–H and O–H groups in total. The third-order valence-electron chi connectivity index (χ3n) is 3.81. The van der Waals surface area contributed by atoms with Crippen molar-refractivity contribution in [3.05, 3.63) is 52.6 Å². The number of rotatable bonds is 8. The summed E-state index contributed by atoms with van der Waals surface area (Å²) in [7, 11) is 0. The highest BCUT2D eigenvalue weighted by Crippen LogP contribution is 2.27. The Hall–Kier alpha value is -1.57. The Morgan fingerprint density at radius 2 is 1.70 bits per heavy atom. The van der Waals surface area contributed by atoms with Gasteiger partial charge in [-0.25, -0.2) is 9.97 Å². The Balaban J connectivity index is 1.86. The van der Waals surface area contributed by atoms with Crippen LogP contribution in [0.25, 0.3) is 5.69 Å². The molecule has 8 heteroatoms. The topological polar surface area (TPSA) is 56.5 Å². The van der Waals surface area contributed by atoms with E-state index in [1.807, 2.05) is 44.2 Å². The predicted octanol–water partition coefficient (Wildman–Crippen LogP) is 5.51. The lowest BCUT2D eigenvalue weighted by Gasteiger charge is -2.10. The first-order valence-electron chi connectivity index (χ1n) is 8.85. The Bertz CT molecular complexity index is 875. The van der Waals surface area contributed by atoms with Crippen LogP contribution in [0.15, 0.2) is 40.6 Å². The fourth-order valence-electron chi connectivity index (χ4n) is 2.53. The van der Waals surface area contributed by atoms with Crippen LogP contribution in [0.5, 0.6) is 0 Å². The zero-order chi connectivity index (χ0) is 19.2. The van der Waals surface area contributed by atoms with E-state index in [1.165, 1.54) is 0 Å². The van der Waals surface area contributed by atoms with E-state index >= 15 is 0 Å². The molecule has 3 aromatic rings. The van der Waals surface area contributed by atoms with Gasteiger partial charge in [-0.05, 0) is 50.6 Å². The number of unbranched alkanes of at least 4 members (excludes halogenated alkanes) is 1. The van der Waals surface area contributed by atoms with Gasteiger partial charge >= 0.3 is 0 Å². The lowest BCUT2D eigenvalue weighted by Crippen LogP contribution is -2.03. The van der Waals surface area contributed by atoms with Crippen molar-refractivity contribution in [1.29, 1.82) is 0 Å². The Kier molecular flexibility index (Phi) is 7.15. The summed E-state index contributed by atoms with van der Waals surface area (Å²) in [5.74, 6) is 2.55. The van der Waals surface area contributed by atoms with Gasteiger partial charge in [-0.15, -0.1) is 10.2 Å². The maximum Gasteiger partial charge on any atom is 0.195 e. The highest BCUT2D eigenvalue weighted by molar-refractivity contribution is 7.99. The Morgan fingerprint density at radius 3 is 2.37 bits per heavy atom. The maximum absolute atomic E-state index is 6.06. The molecule has 0 spiro atoms. The molecule has 0 saturated heterocycles. The lowest BCUT2D eigenvalue weighted by molar-refractivity contribution is 0.850. The molecular formula is C19H22ClN5S2. The van der Waals surface area contributed by atoms with Crippen LogP contribution >= 0.6 is 35.1 Å². The van der Waals surface area contributed by atoms with Crippen LogP contribution in [-0.2, 0) is 5.75 Å². The van der Waals surface area contributed by atoms with Crippen LogP contribution in [-0.4, -0.2) is 30.5 Å². The lowest BCUT2D eigenvalue weighted by atomic mass is 10.3. The highest BCUT2D eigenvalue weighted by atomic mass is 35.5. The molecule has 0 radical (unpaired) electrons. The number of aryl methyl sites for hydroxylation is 2. The van der Waals surface area contributed by atoms with Crippen LogP contribution in [0.1, 0.15) is 37.0 Å². The van der Waals surface area contributed by atoms with Gasteiger partial charge in [0.05, 0.1) is 5.75 Å². The first kappa shape index (κ1) is 20.2. The first-order valence-corrected chi connectivity index (χ1v) is 11.2. The molecule has 0 fully saturated rings. The highest BCUT2D eigenvalue weighted by Gasteiger charge is 2.15. The number of aromatic nitrogens is 5. The quantitative estimate of drug-likeness (QED) is 0.272. The predicted molar refractivity (Wildman–Crippen MR) is 113 cm³/mol. The molecule has 2 aromatic heterocycles. The van der Waals surface area contributed by atoms with Gasteiger partial charge in [0, 0.05) is 27.9 Å². The smallest absolute Gasteiger partial charge is 0.195 e. The van der Waals surface area contributed by atoms with Gasteiger partial charge in [0.25, 0.3) is 0 Å². The normalized spacial score (nSPS) is 11.1. The van der Waals surface area contributed by atoms with Gasteiger partial charge in [0.2, 0.25) is 0 Å². The van der Waals surface area contributed by atoms with E-state index in [1.54, 1.807) is 23.5 Å². The summed E-state index contributed by atoms with van der Waals surface area (Å²) < 4.78 is 2.10. The SMILES string of the molecule is CCCCSc1nnc(CSc2nc(C)cc(C)n2)n1-c1ccc(Cl)cc1. The van der Waals surface area contributed by atoms with E-state index < -0.39 is 0 Å². The minimum atomic E-state index is 0.646. The molecule has 27 heavy (non-hydrogen) atoms. The van der Waals surface area contributed by atoms with Crippen LogP contribution in [0, 0.1) is 13.8 Å². The molecule has 0 saturated carbocycles. The third-order valence-corrected chi connectivity index (χ3v) is 5.92. The summed E-state index contributed by atoms with van der Waals surface area (Å²) in [6, 6.07) is 9.75. The summed E-state index contributed by atoms with van der Waals surface area (Å²) in [6.45, 7) is 6.16. The first-order chi connectivity index (χ1) is 13.1. The van der Waals surface area contributed by atoms with Crippen molar-refractivity contribution < 1.29 is 0 Å². The van der Waals surface area contributed by atoms with E-state index in [0.717, 1.165) is 51.8 Å². The molecule has 1 aromatic carbocycles. The van der Waals surface area contributed by atoms with Crippen molar-refractivity contribution in [2.75, 3.05) is 5.75 Å². The van der Waals surface area contributed by atoms with Gasteiger partial charge in [-0.1, -0.05) is 48.5 Å². The molecule has 0 bridgehead atoms. The number of halogens is 1. The van der Waals surface area contributed by atoms with Crippen LogP contribution in [0.4, 0.5) is 0 Å². The number of hydrogen-bond donors (Lipinski definition) is 0. The van der Waals surface area contributed by atoms with Crippen LogP contribution in [0.2, 0.25) is 5.02 Å². The van der Waals surface area contributed by atoms with Crippen LogP contribution < -0.4 is 0 Å². The monoisotopic (exact) mass is 419 g/mol. The van der Waals surface area contributed by atoms with Gasteiger partial charge in [-0.2, -0.15) is 0 Å². The zero-order valence-corrected chi connectivity index (χ0v) is 18.0. The largest absolute Gasteiger partial charge is 0.273 e. The second kappa shape index (κ2) is 9.57. The van der Waals surface area contributed by atoms with E-state index in [4.69, 9.17) is 11.6 Å². The molecule has 0 aliphatic rings. The van der Waals surface area contributed by atoms with Gasteiger partial charge in [0.1, 0.15) is 5.82 Å². The van der Waals surface area contributed by atoms with Crippen molar-refractivity contribution in [2.24, 2.45) is 0 Å². The molecular weight excluding hydrogens is 398 g/mol. The molecule has 0 atom stereocenters. The summed E-state index contributed by atoms with van der Waals surface area (Å²) in [4.78, 5) is 9.00. The minimum absolute atomic E-state index is 0.646. The molecule has 2 heterocycles. The molecule has 0 aliphatic carbocycles. The van der Waals surface area contributed by atoms with Crippen molar-refractivity contribution in [1.82, 2.24) is 24.7 Å². The fraction of sp³-hybridized carbons (Fsp3) is 0.368. The Labute approximate surface area is 173 Å². The Morgan fingerprint density at radius 1 is 1.00 bits per heavy atom. The van der Waals surface area contributed by atoms with Gasteiger partial charge < -0.3 is 0 Å². The number of benzene rings is 1.